The molecular weight excluding hydrogens is 581 g/mol. The van der Waals surface area contributed by atoms with E-state index in [1.807, 2.05) is 17.0 Å². The number of carbonyl (C=O) groups excluding carboxylic acids is 1. The first kappa shape index (κ1) is 29.7. The van der Waals surface area contributed by atoms with Crippen molar-refractivity contribution in [2.45, 2.75) is 63.7 Å². The number of aromatic nitrogens is 3. The molecule has 1 saturated carbocycles. The number of halogens is 3. The van der Waals surface area contributed by atoms with Gasteiger partial charge >= 0.3 is 6.18 Å². The van der Waals surface area contributed by atoms with Gasteiger partial charge in [-0.1, -0.05) is 19.1 Å². The first-order valence-electron chi connectivity index (χ1n) is 15.8. The Morgan fingerprint density at radius 1 is 1.09 bits per heavy atom. The molecule has 8 nitrogen and oxygen atoms in total. The van der Waals surface area contributed by atoms with Crippen molar-refractivity contribution in [1.82, 2.24) is 30.1 Å². The van der Waals surface area contributed by atoms with Gasteiger partial charge in [0.15, 0.2) is 0 Å². The van der Waals surface area contributed by atoms with Crippen LogP contribution in [0.5, 0.6) is 11.5 Å². The fraction of sp³-hybridized carbons (Fsp3) is 0.441. The Morgan fingerprint density at radius 2 is 1.91 bits per heavy atom. The molecule has 7 rings (SSSR count). The quantitative estimate of drug-likeness (QED) is 0.247. The molecule has 3 aliphatic rings. The van der Waals surface area contributed by atoms with E-state index < -0.39 is 11.7 Å². The van der Waals surface area contributed by atoms with Crippen molar-refractivity contribution in [3.05, 3.63) is 82.4 Å². The van der Waals surface area contributed by atoms with Crippen LogP contribution in [0.25, 0.3) is 11.0 Å². The molecular formula is C34H37F3N6O2. The zero-order valence-corrected chi connectivity index (χ0v) is 25.3. The van der Waals surface area contributed by atoms with Gasteiger partial charge in [0, 0.05) is 63.6 Å². The van der Waals surface area contributed by atoms with Crippen LogP contribution in [-0.2, 0) is 30.5 Å². The molecule has 0 unspecified atom stereocenters. The summed E-state index contributed by atoms with van der Waals surface area (Å²) >= 11 is 0. The molecule has 2 N–H and O–H groups in total. The number of piperazine rings is 1. The number of fused-ring (bicyclic) bond motifs is 2. The van der Waals surface area contributed by atoms with Crippen molar-refractivity contribution in [1.29, 1.82) is 0 Å². The molecule has 1 saturated heterocycles. The van der Waals surface area contributed by atoms with Gasteiger partial charge in [0.05, 0.1) is 29.3 Å². The molecule has 45 heavy (non-hydrogen) atoms. The maximum atomic E-state index is 14.1. The van der Waals surface area contributed by atoms with E-state index >= 15 is 0 Å². The highest BCUT2D eigenvalue weighted by atomic mass is 19.4. The summed E-state index contributed by atoms with van der Waals surface area (Å²) in [6.07, 6.45) is 1.97. The molecule has 0 bridgehead atoms. The number of alkyl halides is 3. The van der Waals surface area contributed by atoms with Crippen molar-refractivity contribution < 1.29 is 22.7 Å². The summed E-state index contributed by atoms with van der Waals surface area (Å²) in [5.41, 5.74) is 3.73. The van der Waals surface area contributed by atoms with Crippen LogP contribution < -0.4 is 10.1 Å². The zero-order valence-electron chi connectivity index (χ0n) is 25.3. The molecule has 0 radical (unpaired) electrons. The molecule has 3 aromatic heterocycles. The Hall–Kier alpha value is -3.96. The van der Waals surface area contributed by atoms with Gasteiger partial charge < -0.3 is 19.9 Å². The van der Waals surface area contributed by atoms with E-state index in [0.29, 0.717) is 49.2 Å². The van der Waals surface area contributed by atoms with Crippen molar-refractivity contribution in [2.24, 2.45) is 0 Å². The fourth-order valence-corrected chi connectivity index (χ4v) is 6.57. The molecule has 2 fully saturated rings. The number of aromatic amines is 1. The largest absolute Gasteiger partial charge is 0.455 e. The van der Waals surface area contributed by atoms with Gasteiger partial charge in [-0.2, -0.15) is 13.2 Å². The van der Waals surface area contributed by atoms with Crippen LogP contribution in [0, 0.1) is 0 Å². The highest BCUT2D eigenvalue weighted by molar-refractivity contribution is 5.84. The van der Waals surface area contributed by atoms with E-state index in [9.17, 15) is 18.0 Å². The van der Waals surface area contributed by atoms with Crippen molar-refractivity contribution in [2.75, 3.05) is 32.7 Å². The molecule has 11 heteroatoms. The smallest absolute Gasteiger partial charge is 0.416 e. The number of carbonyl (C=O) groups is 1. The average molecular weight is 619 g/mol. The van der Waals surface area contributed by atoms with Crippen LogP contribution in [-0.4, -0.2) is 63.4 Å². The molecule has 5 heterocycles. The second-order valence-corrected chi connectivity index (χ2v) is 12.5. The maximum Gasteiger partial charge on any atom is 0.416 e. The first-order valence-corrected chi connectivity index (χ1v) is 15.8. The number of rotatable bonds is 8. The number of hydrogen-bond donors (Lipinski definition) is 2. The van der Waals surface area contributed by atoms with Crippen LogP contribution >= 0.6 is 0 Å². The average Bonchev–Trinajstić information content (AvgIpc) is 3.79. The Morgan fingerprint density at radius 3 is 2.67 bits per heavy atom. The second-order valence-electron chi connectivity index (χ2n) is 12.5. The molecule has 236 valence electrons. The Balaban J connectivity index is 1.08. The van der Waals surface area contributed by atoms with E-state index in [4.69, 9.17) is 9.72 Å². The molecule has 2 aliphatic heterocycles. The van der Waals surface area contributed by atoms with Crippen molar-refractivity contribution >= 4 is 16.9 Å². The number of pyridine rings is 2. The Bertz CT molecular complexity index is 1710. The maximum absolute atomic E-state index is 14.1. The second kappa shape index (κ2) is 12.1. The van der Waals surface area contributed by atoms with E-state index in [1.165, 1.54) is 24.6 Å². The van der Waals surface area contributed by atoms with E-state index in [0.717, 1.165) is 47.9 Å². The van der Waals surface area contributed by atoms with Crippen LogP contribution in [0.2, 0.25) is 0 Å². The van der Waals surface area contributed by atoms with Crippen LogP contribution in [0.15, 0.2) is 48.8 Å². The monoisotopic (exact) mass is 618 g/mol. The van der Waals surface area contributed by atoms with Crippen LogP contribution in [0.3, 0.4) is 0 Å². The molecule has 4 aromatic rings. The fourth-order valence-electron chi connectivity index (χ4n) is 6.57. The minimum Gasteiger partial charge on any atom is -0.455 e. The molecule has 1 atom stereocenters. The SMILES string of the molecule is CC[C@@H]1CN(C(=O)Cc2ccc(CN3CCNCC3)c(C(F)(F)F)c2)Cc2cc(Oc3ccnc4[nH]c(C5CC5)cc34)cnc21. The van der Waals surface area contributed by atoms with Gasteiger partial charge in [-0.25, -0.2) is 4.98 Å². The van der Waals surface area contributed by atoms with Crippen LogP contribution in [0.4, 0.5) is 13.2 Å². The molecule has 1 aromatic carbocycles. The molecule has 1 amide bonds. The Labute approximate surface area is 260 Å². The zero-order chi connectivity index (χ0) is 31.1. The lowest BCUT2D eigenvalue weighted by molar-refractivity contribution is -0.138. The third kappa shape index (κ3) is 6.41. The minimum atomic E-state index is -4.50. The lowest BCUT2D eigenvalue weighted by atomic mass is 9.92. The predicted molar refractivity (Wildman–Crippen MR) is 164 cm³/mol. The third-order valence-electron chi connectivity index (χ3n) is 9.21. The Kier molecular flexibility index (Phi) is 7.99. The number of ether oxygens (including phenoxy) is 1. The number of benzene rings is 1. The highest BCUT2D eigenvalue weighted by Gasteiger charge is 2.35. The molecule has 0 spiro atoms. The number of nitrogens with zero attached hydrogens (tertiary/aromatic N) is 4. The summed E-state index contributed by atoms with van der Waals surface area (Å²) in [4.78, 5) is 29.9. The summed E-state index contributed by atoms with van der Waals surface area (Å²) in [7, 11) is 0. The van der Waals surface area contributed by atoms with Gasteiger partial charge in [-0.15, -0.1) is 0 Å². The number of H-pyrrole nitrogens is 1. The van der Waals surface area contributed by atoms with E-state index in [-0.39, 0.29) is 30.4 Å². The number of amides is 1. The van der Waals surface area contributed by atoms with Gasteiger partial charge in [-0.05, 0) is 66.1 Å². The number of hydrogen-bond acceptors (Lipinski definition) is 6. The van der Waals surface area contributed by atoms with Crippen LogP contribution in [0.1, 0.15) is 71.7 Å². The lowest BCUT2D eigenvalue weighted by Crippen LogP contribution is -2.43. The third-order valence-corrected chi connectivity index (χ3v) is 9.21. The summed E-state index contributed by atoms with van der Waals surface area (Å²) in [6, 6.07) is 10.2. The lowest BCUT2D eigenvalue weighted by Gasteiger charge is -2.34. The summed E-state index contributed by atoms with van der Waals surface area (Å²) in [5, 5.41) is 4.14. The predicted octanol–water partition coefficient (Wildman–Crippen LogP) is 6.13. The summed E-state index contributed by atoms with van der Waals surface area (Å²) in [5.74, 6) is 1.62. The normalized spacial score (nSPS) is 19.1. The van der Waals surface area contributed by atoms with Crippen molar-refractivity contribution in [3.63, 3.8) is 0 Å². The minimum absolute atomic E-state index is 0.0253. The van der Waals surface area contributed by atoms with Crippen molar-refractivity contribution in [3.8, 4) is 11.5 Å². The topological polar surface area (TPSA) is 86.4 Å². The van der Waals surface area contributed by atoms with Gasteiger partial charge in [-0.3, -0.25) is 14.7 Å². The number of nitrogens with one attached hydrogen (secondary N) is 2. The standard InChI is InChI=1S/C34H37F3N6O2/c1-2-22-19-43(31(44)14-21-3-4-24(28(13-21)34(35,36)37)18-42-11-9-38-10-12-42)20-25-15-26(17-40-32(22)25)45-30-7-8-39-33-27(30)16-29(41-33)23-5-6-23/h3-4,7-8,13,15-17,22-23,38H,2,5-6,9-12,14,18-20H2,1H3,(H,39,41)/t22-/m1/s1. The highest BCUT2D eigenvalue weighted by Crippen LogP contribution is 2.42. The summed E-state index contributed by atoms with van der Waals surface area (Å²) < 4.78 is 48.6. The molecule has 1 aliphatic carbocycles. The summed E-state index contributed by atoms with van der Waals surface area (Å²) in [6.45, 7) is 6.01. The van der Waals surface area contributed by atoms with E-state index in [2.05, 4.69) is 28.3 Å². The van der Waals surface area contributed by atoms with Gasteiger partial charge in [0.2, 0.25) is 5.91 Å². The first-order chi connectivity index (χ1) is 21.7. The van der Waals surface area contributed by atoms with Gasteiger partial charge in [0.25, 0.3) is 0 Å². The van der Waals surface area contributed by atoms with E-state index in [1.54, 1.807) is 23.4 Å². The van der Waals surface area contributed by atoms with Gasteiger partial charge in [0.1, 0.15) is 17.1 Å².